The average molecular weight is 210 g/mol. The van der Waals surface area contributed by atoms with Crippen molar-refractivity contribution in [2.45, 2.75) is 12.3 Å². The van der Waals surface area contributed by atoms with Gasteiger partial charge in [-0.2, -0.15) is 0 Å². The number of rotatable bonds is 0. The Morgan fingerprint density at radius 3 is 2.07 bits per heavy atom. The minimum absolute atomic E-state index is 0.0490. The van der Waals surface area contributed by atoms with Crippen LogP contribution in [0.3, 0.4) is 0 Å². The third-order valence-electron chi connectivity index (χ3n) is 2.79. The minimum atomic E-state index is -0.151. The molecule has 15 heavy (non-hydrogen) atoms. The topological polar surface area (TPSA) is 86.5 Å². The molecule has 0 radical (unpaired) electrons. The third kappa shape index (κ3) is 0.928. The van der Waals surface area contributed by atoms with E-state index in [4.69, 9.17) is 0 Å². The van der Waals surface area contributed by atoms with Crippen LogP contribution < -0.4 is 10.6 Å². The van der Waals surface area contributed by atoms with Gasteiger partial charge in [0, 0.05) is 14.1 Å². The number of hydrogen-bond acceptors (Lipinski definition) is 6. The van der Waals surface area contributed by atoms with E-state index in [9.17, 15) is 4.79 Å². The molecule has 2 aliphatic rings. The fourth-order valence-corrected chi connectivity index (χ4v) is 1.92. The summed E-state index contributed by atoms with van der Waals surface area (Å²) < 4.78 is 4.58. The number of likely N-dealkylation sites (N-methyl/N-ethyl adjacent to an activating group) is 2. The second kappa shape index (κ2) is 2.53. The molecule has 3 rings (SSSR count). The predicted molar refractivity (Wildman–Crippen MR) is 50.0 cm³/mol. The van der Waals surface area contributed by atoms with Crippen LogP contribution in [0.4, 0.5) is 16.4 Å². The van der Waals surface area contributed by atoms with Gasteiger partial charge in [0.05, 0.1) is 0 Å². The summed E-state index contributed by atoms with van der Waals surface area (Å²) in [6, 6.07) is -0.0490. The fourth-order valence-electron chi connectivity index (χ4n) is 1.92. The van der Waals surface area contributed by atoms with E-state index >= 15 is 0 Å². The number of nitrogens with zero attached hydrogens (tertiary/aromatic N) is 4. The molecular weight excluding hydrogens is 200 g/mol. The molecule has 0 saturated carbocycles. The zero-order valence-electron chi connectivity index (χ0n) is 8.26. The molecule has 1 aromatic rings. The van der Waals surface area contributed by atoms with E-state index in [-0.39, 0.29) is 18.4 Å². The van der Waals surface area contributed by atoms with E-state index < -0.39 is 0 Å². The monoisotopic (exact) mass is 210 g/mol. The van der Waals surface area contributed by atoms with Gasteiger partial charge in [0.2, 0.25) is 11.6 Å². The van der Waals surface area contributed by atoms with Gasteiger partial charge < -0.3 is 20.4 Å². The summed E-state index contributed by atoms with van der Waals surface area (Å²) in [5.74, 6) is 1.07. The van der Waals surface area contributed by atoms with E-state index in [1.54, 1.807) is 23.9 Å². The van der Waals surface area contributed by atoms with E-state index in [0.29, 0.717) is 11.6 Å². The number of amides is 2. The molecule has 2 amide bonds. The van der Waals surface area contributed by atoms with Gasteiger partial charge in [-0.05, 0) is 10.3 Å². The Morgan fingerprint density at radius 1 is 1.13 bits per heavy atom. The Morgan fingerprint density at radius 2 is 1.60 bits per heavy atom. The summed E-state index contributed by atoms with van der Waals surface area (Å²) in [5.41, 5.74) is 0. The van der Waals surface area contributed by atoms with Crippen molar-refractivity contribution in [2.24, 2.45) is 0 Å². The second-order valence-electron chi connectivity index (χ2n) is 3.64. The van der Waals surface area contributed by atoms with Crippen LogP contribution in [0.1, 0.15) is 0 Å². The van der Waals surface area contributed by atoms with Crippen LogP contribution >= 0.6 is 0 Å². The lowest BCUT2D eigenvalue weighted by Gasteiger charge is -2.30. The molecule has 0 aliphatic carbocycles. The molecule has 2 atom stereocenters. The van der Waals surface area contributed by atoms with Gasteiger partial charge in [0.25, 0.3) is 0 Å². The lowest BCUT2D eigenvalue weighted by molar-refractivity contribution is 0.201. The lowest BCUT2D eigenvalue weighted by atomic mass is 10.3. The van der Waals surface area contributed by atoms with Crippen molar-refractivity contribution < 1.29 is 9.42 Å². The number of carbonyl (C=O) groups is 1. The van der Waals surface area contributed by atoms with E-state index in [0.717, 1.165) is 0 Å². The molecule has 1 saturated heterocycles. The SMILES string of the molecule is CN1C(=O)N(C)[C@H]2Nc3nonc3N[C@H]21. The van der Waals surface area contributed by atoms with Gasteiger partial charge in [-0.3, -0.25) is 0 Å². The summed E-state index contributed by atoms with van der Waals surface area (Å²) >= 11 is 0. The number of anilines is 2. The highest BCUT2D eigenvalue weighted by Gasteiger charge is 2.45. The Bertz CT molecular complexity index is 383. The van der Waals surface area contributed by atoms with Crippen molar-refractivity contribution in [3.8, 4) is 0 Å². The van der Waals surface area contributed by atoms with Gasteiger partial charge >= 0.3 is 6.03 Å². The lowest BCUT2D eigenvalue weighted by Crippen LogP contribution is -2.49. The minimum Gasteiger partial charge on any atom is -0.341 e. The number of urea groups is 1. The first-order valence-corrected chi connectivity index (χ1v) is 4.54. The molecule has 1 aromatic heterocycles. The van der Waals surface area contributed by atoms with Crippen LogP contribution in [-0.2, 0) is 0 Å². The quantitative estimate of drug-likeness (QED) is 0.603. The number of carbonyl (C=O) groups excluding carboxylic acids is 1. The summed E-state index contributed by atoms with van der Waals surface area (Å²) in [5, 5.41) is 13.5. The predicted octanol–water partition coefficient (Wildman–Crippen LogP) is -0.444. The summed E-state index contributed by atoms with van der Waals surface area (Å²) in [6.07, 6.45) is -0.302. The van der Waals surface area contributed by atoms with E-state index in [1.807, 2.05) is 0 Å². The first-order valence-electron chi connectivity index (χ1n) is 4.54. The molecule has 0 bridgehead atoms. The average Bonchev–Trinajstić information content (AvgIpc) is 2.77. The normalized spacial score (nSPS) is 28.3. The standard InChI is InChI=1S/C7H10N6O2/c1-12-5-6(13(2)7(12)14)9-4-3(8-5)10-15-11-4/h5-6H,1-2H3,(H,8,10)(H,9,11)/t5-,6+. The third-order valence-corrected chi connectivity index (χ3v) is 2.79. The molecule has 0 unspecified atom stereocenters. The van der Waals surface area contributed by atoms with Gasteiger partial charge in [-0.25, -0.2) is 9.42 Å². The first kappa shape index (κ1) is 8.33. The van der Waals surface area contributed by atoms with Crippen molar-refractivity contribution in [1.82, 2.24) is 20.1 Å². The summed E-state index contributed by atoms with van der Waals surface area (Å²) in [4.78, 5) is 14.9. The maximum atomic E-state index is 11.7. The molecule has 1 fully saturated rings. The van der Waals surface area contributed by atoms with Crippen molar-refractivity contribution in [3.05, 3.63) is 0 Å². The number of aromatic nitrogens is 2. The molecule has 8 nitrogen and oxygen atoms in total. The molecule has 0 spiro atoms. The molecule has 2 aliphatic heterocycles. The van der Waals surface area contributed by atoms with Crippen LogP contribution in [0.2, 0.25) is 0 Å². The van der Waals surface area contributed by atoms with Gasteiger partial charge in [0.15, 0.2) is 0 Å². The van der Waals surface area contributed by atoms with Crippen LogP contribution in [0.15, 0.2) is 4.63 Å². The number of hydrogen-bond donors (Lipinski definition) is 2. The maximum absolute atomic E-state index is 11.7. The molecular formula is C7H10N6O2. The Kier molecular flexibility index (Phi) is 1.40. The van der Waals surface area contributed by atoms with Crippen LogP contribution in [0.25, 0.3) is 0 Å². The number of fused-ring (bicyclic) bond motifs is 2. The Labute approximate surface area is 85.2 Å². The first-order chi connectivity index (χ1) is 7.18. The number of nitrogens with one attached hydrogen (secondary N) is 2. The van der Waals surface area contributed by atoms with Crippen molar-refractivity contribution >= 4 is 17.7 Å². The highest BCUT2D eigenvalue weighted by atomic mass is 16.6. The van der Waals surface area contributed by atoms with E-state index in [1.165, 1.54) is 0 Å². The highest BCUT2D eigenvalue weighted by Crippen LogP contribution is 2.30. The van der Waals surface area contributed by atoms with Gasteiger partial charge in [-0.15, -0.1) is 0 Å². The fraction of sp³-hybridized carbons (Fsp3) is 0.571. The zero-order chi connectivity index (χ0) is 10.6. The molecule has 80 valence electrons. The van der Waals surface area contributed by atoms with E-state index in [2.05, 4.69) is 25.6 Å². The molecule has 0 aromatic carbocycles. The Balaban J connectivity index is 1.98. The summed E-state index contributed by atoms with van der Waals surface area (Å²) in [7, 11) is 3.47. The molecule has 2 N–H and O–H groups in total. The Hall–Kier alpha value is -1.99. The van der Waals surface area contributed by atoms with Crippen molar-refractivity contribution in [1.29, 1.82) is 0 Å². The van der Waals surface area contributed by atoms with Crippen molar-refractivity contribution in [2.75, 3.05) is 24.7 Å². The maximum Gasteiger partial charge on any atom is 0.323 e. The molecule has 3 heterocycles. The summed E-state index contributed by atoms with van der Waals surface area (Å²) in [6.45, 7) is 0. The van der Waals surface area contributed by atoms with Crippen LogP contribution in [0, 0.1) is 0 Å². The van der Waals surface area contributed by atoms with Gasteiger partial charge in [-0.1, -0.05) is 0 Å². The zero-order valence-corrected chi connectivity index (χ0v) is 8.26. The van der Waals surface area contributed by atoms with Gasteiger partial charge in [0.1, 0.15) is 12.3 Å². The second-order valence-corrected chi connectivity index (χ2v) is 3.64. The largest absolute Gasteiger partial charge is 0.341 e. The smallest absolute Gasteiger partial charge is 0.323 e. The van der Waals surface area contributed by atoms with Crippen LogP contribution in [0.5, 0.6) is 0 Å². The van der Waals surface area contributed by atoms with Crippen LogP contribution in [-0.4, -0.2) is 52.6 Å². The van der Waals surface area contributed by atoms with Crippen molar-refractivity contribution in [3.63, 3.8) is 0 Å². The highest BCUT2D eigenvalue weighted by molar-refractivity contribution is 5.80. The molecule has 8 heteroatoms.